The number of nitrogens with one attached hydrogen (secondary N) is 1. The molecule has 1 fully saturated rings. The Labute approximate surface area is 187 Å². The van der Waals surface area contributed by atoms with Gasteiger partial charge < -0.3 is 19.3 Å². The van der Waals surface area contributed by atoms with Crippen molar-refractivity contribution in [1.29, 1.82) is 0 Å². The fraction of sp³-hybridized carbons (Fsp3) is 0.375. The van der Waals surface area contributed by atoms with Crippen molar-refractivity contribution in [3.8, 4) is 22.9 Å². The van der Waals surface area contributed by atoms with E-state index in [2.05, 4.69) is 20.4 Å². The molecule has 1 N–H and O–H groups in total. The molecule has 0 radical (unpaired) electrons. The highest BCUT2D eigenvalue weighted by molar-refractivity contribution is 5.92. The third-order valence-corrected chi connectivity index (χ3v) is 5.48. The molecule has 8 heteroatoms. The topological polar surface area (TPSA) is 89.7 Å². The van der Waals surface area contributed by atoms with E-state index in [1.54, 1.807) is 7.11 Å². The summed E-state index contributed by atoms with van der Waals surface area (Å²) in [6.45, 7) is 4.64. The second-order valence-electron chi connectivity index (χ2n) is 7.76. The molecule has 1 amide bonds. The molecule has 8 nitrogen and oxygen atoms in total. The maximum absolute atomic E-state index is 12.8. The van der Waals surface area contributed by atoms with Gasteiger partial charge in [-0.25, -0.2) is 0 Å². The minimum absolute atomic E-state index is 0.0308. The third-order valence-electron chi connectivity index (χ3n) is 5.48. The van der Waals surface area contributed by atoms with E-state index in [1.807, 2.05) is 55.5 Å². The van der Waals surface area contributed by atoms with Crippen LogP contribution >= 0.6 is 0 Å². The van der Waals surface area contributed by atoms with Crippen molar-refractivity contribution in [3.63, 3.8) is 0 Å². The Morgan fingerprint density at radius 3 is 2.62 bits per heavy atom. The normalized spacial score (nSPS) is 16.5. The number of likely N-dealkylation sites (tertiary alicyclic amines) is 1. The molecule has 0 aliphatic carbocycles. The van der Waals surface area contributed by atoms with Crippen molar-refractivity contribution < 1.29 is 18.8 Å². The van der Waals surface area contributed by atoms with Crippen LogP contribution in [0.2, 0.25) is 0 Å². The van der Waals surface area contributed by atoms with Gasteiger partial charge in [-0.1, -0.05) is 5.16 Å². The number of methoxy groups -OCH3 is 1. The van der Waals surface area contributed by atoms with Crippen LogP contribution in [0.4, 0.5) is 5.69 Å². The van der Waals surface area contributed by atoms with E-state index in [1.165, 1.54) is 0 Å². The third kappa shape index (κ3) is 5.45. The van der Waals surface area contributed by atoms with E-state index in [0.717, 1.165) is 42.1 Å². The summed E-state index contributed by atoms with van der Waals surface area (Å²) in [6.07, 6.45) is 1.81. The number of ether oxygens (including phenoxy) is 2. The minimum atomic E-state index is -0.0840. The number of carbonyl (C=O) groups is 1. The quantitative estimate of drug-likeness (QED) is 0.571. The molecule has 1 aliphatic heterocycles. The van der Waals surface area contributed by atoms with E-state index < -0.39 is 0 Å². The molecule has 0 spiro atoms. The fourth-order valence-corrected chi connectivity index (χ4v) is 3.83. The maximum atomic E-state index is 12.8. The average Bonchev–Trinajstić information content (AvgIpc) is 3.29. The van der Waals surface area contributed by atoms with Gasteiger partial charge in [0.15, 0.2) is 0 Å². The molecule has 1 aliphatic rings. The monoisotopic (exact) mass is 436 g/mol. The van der Waals surface area contributed by atoms with Crippen molar-refractivity contribution in [1.82, 2.24) is 15.0 Å². The first-order valence-electron chi connectivity index (χ1n) is 10.9. The molecule has 2 aromatic carbocycles. The lowest BCUT2D eigenvalue weighted by molar-refractivity contribution is -0.121. The van der Waals surface area contributed by atoms with E-state index in [9.17, 15) is 4.79 Å². The van der Waals surface area contributed by atoms with Crippen LogP contribution in [-0.2, 0) is 11.3 Å². The molecule has 32 heavy (non-hydrogen) atoms. The summed E-state index contributed by atoms with van der Waals surface area (Å²) < 4.78 is 16.1. The highest BCUT2D eigenvalue weighted by Gasteiger charge is 2.27. The average molecular weight is 437 g/mol. The number of amides is 1. The SMILES string of the molecule is CCOc1ccc(NC(=O)C2CCCN(Cc3nc(-c4ccc(OC)cc4)no3)C2)cc1. The Balaban J connectivity index is 1.32. The first-order chi connectivity index (χ1) is 15.6. The van der Waals surface area contributed by atoms with Crippen molar-refractivity contribution in [2.45, 2.75) is 26.3 Å². The molecule has 0 bridgehead atoms. The van der Waals surface area contributed by atoms with Crippen LogP contribution in [-0.4, -0.2) is 47.8 Å². The lowest BCUT2D eigenvalue weighted by Crippen LogP contribution is -2.40. The Kier molecular flexibility index (Phi) is 7.01. The van der Waals surface area contributed by atoms with Crippen LogP contribution in [0.3, 0.4) is 0 Å². The number of benzene rings is 2. The number of rotatable bonds is 8. The molecule has 1 saturated heterocycles. The highest BCUT2D eigenvalue weighted by atomic mass is 16.5. The van der Waals surface area contributed by atoms with E-state index >= 15 is 0 Å². The number of aromatic nitrogens is 2. The molecule has 4 rings (SSSR count). The zero-order chi connectivity index (χ0) is 22.3. The number of nitrogens with zero attached hydrogens (tertiary/aromatic N) is 3. The highest BCUT2D eigenvalue weighted by Crippen LogP contribution is 2.23. The lowest BCUT2D eigenvalue weighted by atomic mass is 9.97. The molecule has 1 unspecified atom stereocenters. The predicted molar refractivity (Wildman–Crippen MR) is 121 cm³/mol. The second-order valence-corrected chi connectivity index (χ2v) is 7.76. The van der Waals surface area contributed by atoms with Gasteiger partial charge in [0.05, 0.1) is 26.2 Å². The number of hydrogen-bond donors (Lipinski definition) is 1. The van der Waals surface area contributed by atoms with E-state index in [0.29, 0.717) is 31.4 Å². The van der Waals surface area contributed by atoms with Gasteiger partial charge in [0.1, 0.15) is 11.5 Å². The Hall–Kier alpha value is -3.39. The van der Waals surface area contributed by atoms with Gasteiger partial charge in [0, 0.05) is 17.8 Å². The Bertz CT molecular complexity index is 1020. The fourth-order valence-electron chi connectivity index (χ4n) is 3.83. The molecular weight excluding hydrogens is 408 g/mol. The van der Waals surface area contributed by atoms with Gasteiger partial charge in [-0.15, -0.1) is 0 Å². The number of piperidine rings is 1. The van der Waals surface area contributed by atoms with Crippen LogP contribution in [0.1, 0.15) is 25.7 Å². The zero-order valence-corrected chi connectivity index (χ0v) is 18.4. The summed E-state index contributed by atoms with van der Waals surface area (Å²) >= 11 is 0. The summed E-state index contributed by atoms with van der Waals surface area (Å²) in [7, 11) is 1.63. The van der Waals surface area contributed by atoms with Gasteiger partial charge in [0.25, 0.3) is 0 Å². The zero-order valence-electron chi connectivity index (χ0n) is 18.4. The number of carbonyl (C=O) groups excluding carboxylic acids is 1. The summed E-state index contributed by atoms with van der Waals surface area (Å²) in [6, 6.07) is 15.0. The van der Waals surface area contributed by atoms with Gasteiger partial charge in [0.2, 0.25) is 17.6 Å². The van der Waals surface area contributed by atoms with Gasteiger partial charge in [-0.2, -0.15) is 4.98 Å². The van der Waals surface area contributed by atoms with Crippen molar-refractivity contribution in [3.05, 3.63) is 54.4 Å². The van der Waals surface area contributed by atoms with E-state index in [4.69, 9.17) is 14.0 Å². The van der Waals surface area contributed by atoms with Gasteiger partial charge in [-0.3, -0.25) is 9.69 Å². The summed E-state index contributed by atoms with van der Waals surface area (Å²) in [5, 5.41) is 7.11. The largest absolute Gasteiger partial charge is 0.497 e. The second kappa shape index (κ2) is 10.3. The Morgan fingerprint density at radius 1 is 1.16 bits per heavy atom. The Morgan fingerprint density at radius 2 is 1.91 bits per heavy atom. The molecular formula is C24H28N4O4. The van der Waals surface area contributed by atoms with Crippen molar-refractivity contribution in [2.75, 3.05) is 32.1 Å². The predicted octanol–water partition coefficient (Wildman–Crippen LogP) is 3.99. The standard InChI is InChI=1S/C24H28N4O4/c1-3-31-21-12-8-19(9-13-21)25-24(29)18-5-4-14-28(15-18)16-22-26-23(27-32-22)17-6-10-20(30-2)11-7-17/h6-13,18H,3-5,14-16H2,1-2H3,(H,25,29). The molecule has 3 aromatic rings. The number of hydrogen-bond acceptors (Lipinski definition) is 7. The van der Waals surface area contributed by atoms with Crippen LogP contribution in [0.15, 0.2) is 53.1 Å². The summed E-state index contributed by atoms with van der Waals surface area (Å²) in [4.78, 5) is 19.5. The van der Waals surface area contributed by atoms with Crippen molar-refractivity contribution >= 4 is 11.6 Å². The van der Waals surface area contributed by atoms with Crippen LogP contribution in [0, 0.1) is 5.92 Å². The van der Waals surface area contributed by atoms with Crippen LogP contribution in [0.25, 0.3) is 11.4 Å². The molecule has 168 valence electrons. The first-order valence-corrected chi connectivity index (χ1v) is 10.9. The molecule has 2 heterocycles. The van der Waals surface area contributed by atoms with Gasteiger partial charge >= 0.3 is 0 Å². The summed E-state index contributed by atoms with van der Waals surface area (Å²) in [5.74, 6) is 2.61. The molecule has 0 saturated carbocycles. The van der Waals surface area contributed by atoms with Crippen molar-refractivity contribution in [2.24, 2.45) is 5.92 Å². The molecule has 1 atom stereocenters. The smallest absolute Gasteiger partial charge is 0.241 e. The van der Waals surface area contributed by atoms with Gasteiger partial charge in [-0.05, 0) is 74.8 Å². The van der Waals surface area contributed by atoms with Crippen LogP contribution in [0.5, 0.6) is 11.5 Å². The summed E-state index contributed by atoms with van der Waals surface area (Å²) in [5.41, 5.74) is 1.64. The number of anilines is 1. The minimum Gasteiger partial charge on any atom is -0.497 e. The van der Waals surface area contributed by atoms with Crippen LogP contribution < -0.4 is 14.8 Å². The maximum Gasteiger partial charge on any atom is 0.241 e. The molecule has 1 aromatic heterocycles. The lowest BCUT2D eigenvalue weighted by Gasteiger charge is -2.30. The first kappa shape index (κ1) is 21.8. The van der Waals surface area contributed by atoms with E-state index in [-0.39, 0.29) is 11.8 Å².